The highest BCUT2D eigenvalue weighted by Crippen LogP contribution is 2.17. The summed E-state index contributed by atoms with van der Waals surface area (Å²) in [6.07, 6.45) is 4.45. The Bertz CT molecular complexity index is 405. The van der Waals surface area contributed by atoms with Gasteiger partial charge in [0.2, 0.25) is 0 Å². The lowest BCUT2D eigenvalue weighted by molar-refractivity contribution is 0.134. The van der Waals surface area contributed by atoms with Gasteiger partial charge in [0.1, 0.15) is 0 Å². The summed E-state index contributed by atoms with van der Waals surface area (Å²) in [5, 5.41) is 14.2. The van der Waals surface area contributed by atoms with Crippen LogP contribution >= 0.6 is 11.3 Å². The fourth-order valence-electron chi connectivity index (χ4n) is 2.47. The molecule has 2 amide bonds. The number of urea groups is 1. The van der Waals surface area contributed by atoms with E-state index in [0.29, 0.717) is 11.2 Å². The Kier molecular flexibility index (Phi) is 5.75. The van der Waals surface area contributed by atoms with E-state index in [4.69, 9.17) is 5.11 Å². The number of amides is 2. The highest BCUT2D eigenvalue weighted by molar-refractivity contribution is 7.13. The van der Waals surface area contributed by atoms with Gasteiger partial charge in [-0.15, -0.1) is 11.3 Å². The van der Waals surface area contributed by atoms with Crippen LogP contribution in [0.15, 0.2) is 11.6 Å². The molecule has 1 aromatic rings. The predicted octanol–water partition coefficient (Wildman–Crippen LogP) is 1.45. The molecule has 1 saturated heterocycles. The van der Waals surface area contributed by atoms with E-state index in [0.717, 1.165) is 38.9 Å². The first kappa shape index (κ1) is 15.2. The van der Waals surface area contributed by atoms with Crippen molar-refractivity contribution in [1.82, 2.24) is 14.8 Å². The first-order chi connectivity index (χ1) is 9.70. The maximum absolute atomic E-state index is 12.0. The molecule has 20 heavy (non-hydrogen) atoms. The molecule has 2 heterocycles. The van der Waals surface area contributed by atoms with Crippen molar-refractivity contribution in [3.8, 4) is 0 Å². The number of aliphatic hydroxyl groups is 1. The third kappa shape index (κ3) is 4.16. The molecule has 0 bridgehead atoms. The number of aromatic nitrogens is 1. The zero-order valence-electron chi connectivity index (χ0n) is 11.8. The Morgan fingerprint density at radius 2 is 2.35 bits per heavy atom. The van der Waals surface area contributed by atoms with E-state index in [9.17, 15) is 4.79 Å². The highest BCUT2D eigenvalue weighted by Gasteiger charge is 2.25. The predicted molar refractivity (Wildman–Crippen MR) is 80.1 cm³/mol. The number of carbonyl (C=O) groups is 1. The monoisotopic (exact) mass is 298 g/mol. The minimum absolute atomic E-state index is 0.0589. The average Bonchev–Trinajstić information content (AvgIpc) is 2.97. The lowest BCUT2D eigenvalue weighted by Gasteiger charge is -2.36. The largest absolute Gasteiger partial charge is 0.396 e. The average molecular weight is 298 g/mol. The summed E-state index contributed by atoms with van der Waals surface area (Å²) in [5.41, 5.74) is 0. The van der Waals surface area contributed by atoms with Gasteiger partial charge in [0.25, 0.3) is 0 Å². The molecule has 2 rings (SSSR count). The van der Waals surface area contributed by atoms with Crippen molar-refractivity contribution in [3.05, 3.63) is 11.6 Å². The van der Waals surface area contributed by atoms with E-state index in [-0.39, 0.29) is 12.6 Å². The quantitative estimate of drug-likeness (QED) is 0.863. The van der Waals surface area contributed by atoms with Crippen molar-refractivity contribution >= 4 is 22.5 Å². The molecule has 0 unspecified atom stereocenters. The summed E-state index contributed by atoms with van der Waals surface area (Å²) in [4.78, 5) is 20.2. The van der Waals surface area contributed by atoms with Crippen LogP contribution in [0.5, 0.6) is 0 Å². The lowest BCUT2D eigenvalue weighted by Crippen LogP contribution is -2.47. The second-order valence-corrected chi connectivity index (χ2v) is 5.94. The second kappa shape index (κ2) is 7.56. The fourth-order valence-corrected chi connectivity index (χ4v) is 2.99. The first-order valence-corrected chi connectivity index (χ1v) is 7.85. The molecule has 112 valence electrons. The number of thiazole rings is 1. The zero-order chi connectivity index (χ0) is 14.4. The number of carbonyl (C=O) groups excluding carboxylic acids is 1. The number of piperidine rings is 1. The Morgan fingerprint density at radius 1 is 1.60 bits per heavy atom. The maximum atomic E-state index is 12.0. The molecule has 0 spiro atoms. The molecule has 0 aromatic carbocycles. The third-order valence-corrected chi connectivity index (χ3v) is 4.38. The topological polar surface area (TPSA) is 68.7 Å². The molecule has 0 aliphatic carbocycles. The molecule has 1 aliphatic rings. The summed E-state index contributed by atoms with van der Waals surface area (Å²) in [7, 11) is 2.09. The SMILES string of the molecule is CN(CCCO)C1CCN(C(=O)Nc2nccs2)CC1. The summed E-state index contributed by atoms with van der Waals surface area (Å²) >= 11 is 1.43. The molecular formula is C13H22N4O2S. The van der Waals surface area contributed by atoms with Crippen LogP contribution in [-0.2, 0) is 0 Å². The second-order valence-electron chi connectivity index (χ2n) is 5.04. The fraction of sp³-hybridized carbons (Fsp3) is 0.692. The van der Waals surface area contributed by atoms with Crippen LogP contribution in [0.25, 0.3) is 0 Å². The summed E-state index contributed by atoms with van der Waals surface area (Å²) in [6, 6.07) is 0.446. The Labute approximate surface area is 123 Å². The molecule has 6 nitrogen and oxygen atoms in total. The van der Waals surface area contributed by atoms with Gasteiger partial charge in [0, 0.05) is 43.9 Å². The molecule has 0 atom stereocenters. The normalized spacial score (nSPS) is 16.6. The van der Waals surface area contributed by atoms with Crippen LogP contribution in [0.1, 0.15) is 19.3 Å². The van der Waals surface area contributed by atoms with E-state index in [1.807, 2.05) is 10.3 Å². The first-order valence-electron chi connectivity index (χ1n) is 6.97. The van der Waals surface area contributed by atoms with Crippen molar-refractivity contribution in [3.63, 3.8) is 0 Å². The van der Waals surface area contributed by atoms with Crippen LogP contribution in [0.4, 0.5) is 9.93 Å². The summed E-state index contributed by atoms with van der Waals surface area (Å²) < 4.78 is 0. The van der Waals surface area contributed by atoms with Gasteiger partial charge in [-0.1, -0.05) is 0 Å². The highest BCUT2D eigenvalue weighted by atomic mass is 32.1. The zero-order valence-corrected chi connectivity index (χ0v) is 12.6. The number of anilines is 1. The minimum atomic E-state index is -0.0589. The Balaban J connectivity index is 1.74. The van der Waals surface area contributed by atoms with Gasteiger partial charge in [0.15, 0.2) is 5.13 Å². The molecule has 1 aliphatic heterocycles. The smallest absolute Gasteiger partial charge is 0.323 e. The van der Waals surface area contributed by atoms with Crippen molar-refractivity contribution in [2.45, 2.75) is 25.3 Å². The standard InChI is InChI=1S/C13H22N4O2S/c1-16(6-2-9-18)11-3-7-17(8-4-11)13(19)15-12-14-5-10-20-12/h5,10-11,18H,2-4,6-9H2,1H3,(H,14,15,19). The van der Waals surface area contributed by atoms with Crippen LogP contribution in [-0.4, -0.2) is 65.3 Å². The van der Waals surface area contributed by atoms with E-state index in [2.05, 4.69) is 22.2 Å². The van der Waals surface area contributed by atoms with E-state index in [1.54, 1.807) is 6.20 Å². The van der Waals surface area contributed by atoms with Gasteiger partial charge in [-0.3, -0.25) is 5.32 Å². The minimum Gasteiger partial charge on any atom is -0.396 e. The van der Waals surface area contributed by atoms with Gasteiger partial charge in [-0.2, -0.15) is 0 Å². The molecule has 0 saturated carbocycles. The number of nitrogens with zero attached hydrogens (tertiary/aromatic N) is 3. The van der Waals surface area contributed by atoms with Crippen molar-refractivity contribution < 1.29 is 9.90 Å². The van der Waals surface area contributed by atoms with E-state index in [1.165, 1.54) is 11.3 Å². The Hall–Kier alpha value is -1.18. The van der Waals surface area contributed by atoms with Gasteiger partial charge in [-0.05, 0) is 26.3 Å². The van der Waals surface area contributed by atoms with Crippen molar-refractivity contribution in [2.24, 2.45) is 0 Å². The van der Waals surface area contributed by atoms with Gasteiger partial charge < -0.3 is 14.9 Å². The maximum Gasteiger partial charge on any atom is 0.323 e. The molecule has 2 N–H and O–H groups in total. The summed E-state index contributed by atoms with van der Waals surface area (Å²) in [6.45, 7) is 2.68. The Morgan fingerprint density at radius 3 is 2.95 bits per heavy atom. The van der Waals surface area contributed by atoms with E-state index < -0.39 is 0 Å². The molecule has 0 radical (unpaired) electrons. The molecule has 1 aromatic heterocycles. The van der Waals surface area contributed by atoms with Crippen LogP contribution in [0.2, 0.25) is 0 Å². The number of rotatable bonds is 5. The number of nitrogens with one attached hydrogen (secondary N) is 1. The molecule has 7 heteroatoms. The van der Waals surface area contributed by atoms with Gasteiger partial charge in [-0.25, -0.2) is 9.78 Å². The van der Waals surface area contributed by atoms with Crippen molar-refractivity contribution in [1.29, 1.82) is 0 Å². The molecule has 1 fully saturated rings. The number of aliphatic hydroxyl groups excluding tert-OH is 1. The lowest BCUT2D eigenvalue weighted by atomic mass is 10.0. The van der Waals surface area contributed by atoms with Crippen LogP contribution in [0, 0.1) is 0 Å². The van der Waals surface area contributed by atoms with Gasteiger partial charge in [0.05, 0.1) is 0 Å². The number of hydrogen-bond acceptors (Lipinski definition) is 5. The number of hydrogen-bond donors (Lipinski definition) is 2. The summed E-state index contributed by atoms with van der Waals surface area (Å²) in [5.74, 6) is 0. The third-order valence-electron chi connectivity index (χ3n) is 3.69. The van der Waals surface area contributed by atoms with Gasteiger partial charge >= 0.3 is 6.03 Å². The van der Waals surface area contributed by atoms with Crippen LogP contribution < -0.4 is 5.32 Å². The van der Waals surface area contributed by atoms with E-state index >= 15 is 0 Å². The van der Waals surface area contributed by atoms with Crippen molar-refractivity contribution in [2.75, 3.05) is 38.6 Å². The van der Waals surface area contributed by atoms with Crippen LogP contribution in [0.3, 0.4) is 0 Å². The number of likely N-dealkylation sites (tertiary alicyclic amines) is 1. The molecular weight excluding hydrogens is 276 g/mol.